The van der Waals surface area contributed by atoms with Crippen LogP contribution in [0.25, 0.3) is 6.08 Å². The van der Waals surface area contributed by atoms with Gasteiger partial charge in [0, 0.05) is 25.2 Å². The van der Waals surface area contributed by atoms with Crippen LogP contribution in [0.2, 0.25) is 0 Å². The van der Waals surface area contributed by atoms with E-state index >= 15 is 0 Å². The fraction of sp³-hybridized carbons (Fsp3) is 0.438. The molecule has 1 N–H and O–H groups in total. The van der Waals surface area contributed by atoms with Crippen LogP contribution in [0.1, 0.15) is 18.4 Å². The van der Waals surface area contributed by atoms with Crippen LogP contribution in [0.4, 0.5) is 0 Å². The first-order chi connectivity index (χ1) is 10.9. The van der Waals surface area contributed by atoms with Gasteiger partial charge in [-0.05, 0) is 36.6 Å². The van der Waals surface area contributed by atoms with Gasteiger partial charge in [-0.1, -0.05) is 12.1 Å². The maximum absolute atomic E-state index is 12.3. The summed E-state index contributed by atoms with van der Waals surface area (Å²) in [6.07, 6.45) is 5.91. The molecule has 6 nitrogen and oxygen atoms in total. The zero-order valence-electron chi connectivity index (χ0n) is 13.4. The molecule has 1 saturated heterocycles. The predicted octanol–water partition coefficient (Wildman–Crippen LogP) is 1.25. The molecule has 1 aliphatic heterocycles. The first-order valence-electron chi connectivity index (χ1n) is 7.46. The number of hydrogen-bond donors (Lipinski definition) is 1. The van der Waals surface area contributed by atoms with Crippen molar-refractivity contribution in [1.82, 2.24) is 9.62 Å². The van der Waals surface area contributed by atoms with Gasteiger partial charge in [0.05, 0.1) is 13.4 Å². The van der Waals surface area contributed by atoms with Crippen LogP contribution in [0.3, 0.4) is 0 Å². The summed E-state index contributed by atoms with van der Waals surface area (Å²) in [5, 5.41) is 0. The molecule has 0 saturated carbocycles. The number of piperidine rings is 1. The molecule has 1 aromatic rings. The Kier molecular flexibility index (Phi) is 5.79. The van der Waals surface area contributed by atoms with Crippen molar-refractivity contribution in [3.63, 3.8) is 0 Å². The number of likely N-dealkylation sites (tertiary alicyclic amines) is 1. The van der Waals surface area contributed by atoms with Gasteiger partial charge in [0.15, 0.2) is 0 Å². The van der Waals surface area contributed by atoms with E-state index in [0.717, 1.165) is 30.4 Å². The van der Waals surface area contributed by atoms with Gasteiger partial charge in [0.25, 0.3) is 0 Å². The summed E-state index contributed by atoms with van der Waals surface area (Å²) in [4.78, 5) is 13.9. The monoisotopic (exact) mass is 338 g/mol. The number of hydrogen-bond acceptors (Lipinski definition) is 4. The minimum atomic E-state index is -3.26. The van der Waals surface area contributed by atoms with Crippen LogP contribution in [0, 0.1) is 0 Å². The van der Waals surface area contributed by atoms with Crippen molar-refractivity contribution in [1.29, 1.82) is 0 Å². The summed E-state index contributed by atoms with van der Waals surface area (Å²) < 4.78 is 30.3. The normalized spacial score (nSPS) is 19.0. The highest BCUT2D eigenvalue weighted by Crippen LogP contribution is 2.15. The summed E-state index contributed by atoms with van der Waals surface area (Å²) in [5.41, 5.74) is 0.875. The Morgan fingerprint density at radius 1 is 1.43 bits per heavy atom. The summed E-state index contributed by atoms with van der Waals surface area (Å²) in [5.74, 6) is 0.614. The van der Waals surface area contributed by atoms with Gasteiger partial charge < -0.3 is 9.64 Å². The lowest BCUT2D eigenvalue weighted by Crippen LogP contribution is -2.48. The van der Waals surface area contributed by atoms with Crippen LogP contribution < -0.4 is 9.46 Å². The molecule has 1 atom stereocenters. The molecule has 0 aromatic heterocycles. The number of carbonyl (C=O) groups is 1. The number of carbonyl (C=O) groups excluding carboxylic acids is 1. The van der Waals surface area contributed by atoms with Gasteiger partial charge in [0.2, 0.25) is 15.9 Å². The molecule has 1 aliphatic rings. The van der Waals surface area contributed by atoms with Gasteiger partial charge in [0.1, 0.15) is 5.75 Å². The van der Waals surface area contributed by atoms with E-state index in [0.29, 0.717) is 13.1 Å². The SMILES string of the molecule is COc1cccc(/C=C/C(=O)N2CCC[C@@H](NS(C)(=O)=O)C2)c1. The lowest BCUT2D eigenvalue weighted by molar-refractivity contribution is -0.127. The molecule has 1 amide bonds. The third-order valence-electron chi connectivity index (χ3n) is 3.63. The standard InChI is InChI=1S/C16H22N2O4S/c1-22-15-7-3-5-13(11-15)8-9-16(19)18-10-4-6-14(12-18)17-23(2,20)21/h3,5,7-9,11,14,17H,4,6,10,12H2,1-2H3/b9-8+/t14-/m1/s1. The quantitative estimate of drug-likeness (QED) is 0.820. The molecule has 1 aromatic carbocycles. The Morgan fingerprint density at radius 2 is 2.22 bits per heavy atom. The van der Waals surface area contributed by atoms with Gasteiger partial charge in [-0.25, -0.2) is 13.1 Å². The van der Waals surface area contributed by atoms with Gasteiger partial charge >= 0.3 is 0 Å². The molecule has 0 radical (unpaired) electrons. The lowest BCUT2D eigenvalue weighted by Gasteiger charge is -2.32. The van der Waals surface area contributed by atoms with E-state index in [4.69, 9.17) is 4.74 Å². The molecule has 1 heterocycles. The third-order valence-corrected chi connectivity index (χ3v) is 4.39. The Labute approximate surface area is 137 Å². The van der Waals surface area contributed by atoms with Gasteiger partial charge in [-0.15, -0.1) is 0 Å². The van der Waals surface area contributed by atoms with E-state index in [9.17, 15) is 13.2 Å². The van der Waals surface area contributed by atoms with E-state index < -0.39 is 10.0 Å². The highest BCUT2D eigenvalue weighted by atomic mass is 32.2. The Bertz CT molecular complexity index is 685. The Hall–Kier alpha value is -1.86. The summed E-state index contributed by atoms with van der Waals surface area (Å²) in [6.45, 7) is 1.04. The van der Waals surface area contributed by atoms with Crippen molar-refractivity contribution in [3.05, 3.63) is 35.9 Å². The average Bonchev–Trinajstić information content (AvgIpc) is 2.51. The zero-order valence-corrected chi connectivity index (χ0v) is 14.2. The third kappa shape index (κ3) is 5.69. The maximum Gasteiger partial charge on any atom is 0.246 e. The lowest BCUT2D eigenvalue weighted by atomic mass is 10.1. The van der Waals surface area contributed by atoms with Crippen LogP contribution in [-0.2, 0) is 14.8 Å². The van der Waals surface area contributed by atoms with Crippen molar-refractivity contribution >= 4 is 22.0 Å². The van der Waals surface area contributed by atoms with Crippen LogP contribution in [0.5, 0.6) is 5.75 Å². The van der Waals surface area contributed by atoms with E-state index in [1.807, 2.05) is 24.3 Å². The van der Waals surface area contributed by atoms with Crippen LogP contribution in [0.15, 0.2) is 30.3 Å². The van der Waals surface area contributed by atoms with E-state index in [1.165, 1.54) is 6.08 Å². The topological polar surface area (TPSA) is 75.7 Å². The van der Waals surface area contributed by atoms with Crippen molar-refractivity contribution in [2.24, 2.45) is 0 Å². The fourth-order valence-electron chi connectivity index (χ4n) is 2.59. The summed E-state index contributed by atoms with van der Waals surface area (Å²) >= 11 is 0. The number of amides is 1. The second-order valence-corrected chi connectivity index (χ2v) is 7.40. The van der Waals surface area contributed by atoms with Crippen LogP contribution in [-0.4, -0.2) is 51.7 Å². The molecule has 1 fully saturated rings. The van der Waals surface area contributed by atoms with E-state index in [1.54, 1.807) is 18.1 Å². The molecule has 0 unspecified atom stereocenters. The Balaban J connectivity index is 1.98. The molecule has 7 heteroatoms. The number of nitrogens with one attached hydrogen (secondary N) is 1. The summed E-state index contributed by atoms with van der Waals surface area (Å²) in [7, 11) is -1.66. The highest BCUT2D eigenvalue weighted by Gasteiger charge is 2.24. The average molecular weight is 338 g/mol. The smallest absolute Gasteiger partial charge is 0.246 e. The fourth-order valence-corrected chi connectivity index (χ4v) is 3.39. The number of ether oxygens (including phenoxy) is 1. The minimum Gasteiger partial charge on any atom is -0.497 e. The molecule has 0 spiro atoms. The summed E-state index contributed by atoms with van der Waals surface area (Å²) in [6, 6.07) is 7.21. The zero-order chi connectivity index (χ0) is 16.9. The van der Waals surface area contributed by atoms with Crippen molar-refractivity contribution < 1.29 is 17.9 Å². The van der Waals surface area contributed by atoms with Crippen molar-refractivity contribution in [2.75, 3.05) is 26.5 Å². The molecule has 2 rings (SSSR count). The van der Waals surface area contributed by atoms with Crippen LogP contribution >= 0.6 is 0 Å². The first kappa shape index (κ1) is 17.5. The van der Waals surface area contributed by atoms with Crippen molar-refractivity contribution in [3.8, 4) is 5.75 Å². The van der Waals surface area contributed by atoms with Crippen molar-refractivity contribution in [2.45, 2.75) is 18.9 Å². The largest absolute Gasteiger partial charge is 0.497 e. The number of benzene rings is 1. The molecular weight excluding hydrogens is 316 g/mol. The molecule has 126 valence electrons. The number of nitrogens with zero attached hydrogens (tertiary/aromatic N) is 1. The van der Waals surface area contributed by atoms with E-state index in [2.05, 4.69) is 4.72 Å². The second kappa shape index (κ2) is 7.61. The number of sulfonamides is 1. The minimum absolute atomic E-state index is 0.118. The number of rotatable bonds is 5. The van der Waals surface area contributed by atoms with Gasteiger partial charge in [-0.2, -0.15) is 0 Å². The van der Waals surface area contributed by atoms with E-state index in [-0.39, 0.29) is 11.9 Å². The maximum atomic E-state index is 12.3. The van der Waals surface area contributed by atoms with Gasteiger partial charge in [-0.3, -0.25) is 4.79 Å². The molecule has 0 aliphatic carbocycles. The molecular formula is C16H22N2O4S. The predicted molar refractivity (Wildman–Crippen MR) is 89.6 cm³/mol. The second-order valence-electron chi connectivity index (χ2n) is 5.62. The Morgan fingerprint density at radius 3 is 2.91 bits per heavy atom. The first-order valence-corrected chi connectivity index (χ1v) is 9.35. The highest BCUT2D eigenvalue weighted by molar-refractivity contribution is 7.88. The number of methoxy groups -OCH3 is 1. The molecule has 23 heavy (non-hydrogen) atoms. The molecule has 0 bridgehead atoms.